The second kappa shape index (κ2) is 4.76. The summed E-state index contributed by atoms with van der Waals surface area (Å²) in [6, 6.07) is 13.6. The highest BCUT2D eigenvalue weighted by molar-refractivity contribution is 5.53. The first kappa shape index (κ1) is 11.3. The molecule has 0 aliphatic heterocycles. The van der Waals surface area contributed by atoms with E-state index in [9.17, 15) is 5.11 Å². The summed E-state index contributed by atoms with van der Waals surface area (Å²) in [5.74, 6) is 6.33. The molecule has 0 spiro atoms. The molecule has 0 bridgehead atoms. The number of phenolic OH excluding ortho intramolecular Hbond substituents is 1. The van der Waals surface area contributed by atoms with Crippen molar-refractivity contribution in [3.8, 4) is 17.6 Å². The lowest BCUT2D eigenvalue weighted by Crippen LogP contribution is -1.84. The highest BCUT2D eigenvalue weighted by atomic mass is 16.3. The summed E-state index contributed by atoms with van der Waals surface area (Å²) in [4.78, 5) is 0. The Balaban J connectivity index is 2.41. The van der Waals surface area contributed by atoms with Crippen LogP contribution in [0.25, 0.3) is 0 Å². The van der Waals surface area contributed by atoms with E-state index >= 15 is 0 Å². The maximum absolute atomic E-state index is 9.90. The van der Waals surface area contributed by atoms with Crippen LogP contribution < -0.4 is 0 Å². The van der Waals surface area contributed by atoms with Gasteiger partial charge in [-0.15, -0.1) is 0 Å². The predicted molar refractivity (Wildman–Crippen MR) is 70.0 cm³/mol. The zero-order valence-corrected chi connectivity index (χ0v) is 9.99. The largest absolute Gasteiger partial charge is 0.506 e. The molecule has 1 nitrogen and oxygen atoms in total. The van der Waals surface area contributed by atoms with Gasteiger partial charge in [-0.2, -0.15) is 0 Å². The Bertz CT molecular complexity index is 586. The van der Waals surface area contributed by atoms with Crippen LogP contribution in [0.5, 0.6) is 5.75 Å². The minimum atomic E-state index is 0.277. The van der Waals surface area contributed by atoms with E-state index in [-0.39, 0.29) is 5.75 Å². The Morgan fingerprint density at radius 1 is 0.941 bits per heavy atom. The summed E-state index contributed by atoms with van der Waals surface area (Å²) in [5, 5.41) is 9.90. The van der Waals surface area contributed by atoms with Gasteiger partial charge >= 0.3 is 0 Å². The van der Waals surface area contributed by atoms with Crippen molar-refractivity contribution in [2.24, 2.45) is 0 Å². The van der Waals surface area contributed by atoms with Gasteiger partial charge in [-0.05, 0) is 43.2 Å². The highest BCUT2D eigenvalue weighted by Gasteiger charge is 2.02. The SMILES string of the molecule is Cc1cc(C)c(O)c(C#Cc2ccccc2)c1. The molecule has 0 aromatic heterocycles. The molecule has 2 aromatic rings. The van der Waals surface area contributed by atoms with Crippen molar-refractivity contribution in [1.29, 1.82) is 0 Å². The van der Waals surface area contributed by atoms with E-state index in [4.69, 9.17) is 0 Å². The summed E-state index contributed by atoms with van der Waals surface area (Å²) in [6.45, 7) is 3.89. The molecule has 0 saturated carbocycles. The van der Waals surface area contributed by atoms with Crippen molar-refractivity contribution in [2.75, 3.05) is 0 Å². The first-order valence-electron chi connectivity index (χ1n) is 5.54. The van der Waals surface area contributed by atoms with Crippen LogP contribution in [0.3, 0.4) is 0 Å². The van der Waals surface area contributed by atoms with Gasteiger partial charge in [-0.25, -0.2) is 0 Å². The van der Waals surface area contributed by atoms with Crippen LogP contribution in [0, 0.1) is 25.7 Å². The van der Waals surface area contributed by atoms with Crippen LogP contribution in [0.2, 0.25) is 0 Å². The topological polar surface area (TPSA) is 20.2 Å². The fraction of sp³-hybridized carbons (Fsp3) is 0.125. The molecule has 2 aromatic carbocycles. The second-order valence-electron chi connectivity index (χ2n) is 4.09. The number of hydrogen-bond acceptors (Lipinski definition) is 1. The first-order valence-corrected chi connectivity index (χ1v) is 5.54. The first-order chi connectivity index (χ1) is 8.16. The molecule has 0 amide bonds. The van der Waals surface area contributed by atoms with Gasteiger partial charge in [0.25, 0.3) is 0 Å². The number of benzene rings is 2. The van der Waals surface area contributed by atoms with Crippen molar-refractivity contribution in [3.63, 3.8) is 0 Å². The Kier molecular flexibility index (Phi) is 3.16. The third-order valence-electron chi connectivity index (χ3n) is 2.56. The molecule has 0 atom stereocenters. The van der Waals surface area contributed by atoms with Crippen molar-refractivity contribution in [2.45, 2.75) is 13.8 Å². The van der Waals surface area contributed by atoms with Gasteiger partial charge in [0, 0.05) is 5.56 Å². The lowest BCUT2D eigenvalue weighted by molar-refractivity contribution is 0.469. The Morgan fingerprint density at radius 2 is 1.65 bits per heavy atom. The van der Waals surface area contributed by atoms with Crippen LogP contribution >= 0.6 is 0 Å². The van der Waals surface area contributed by atoms with Crippen LogP contribution in [0.1, 0.15) is 22.3 Å². The summed E-state index contributed by atoms with van der Waals surface area (Å²) in [6.07, 6.45) is 0. The quantitative estimate of drug-likeness (QED) is 0.677. The number of phenols is 1. The predicted octanol–water partition coefficient (Wildman–Crippen LogP) is 3.41. The smallest absolute Gasteiger partial charge is 0.134 e. The molecular weight excluding hydrogens is 208 g/mol. The van der Waals surface area contributed by atoms with E-state index in [1.165, 1.54) is 0 Å². The van der Waals surface area contributed by atoms with Crippen LogP contribution in [-0.4, -0.2) is 5.11 Å². The molecule has 17 heavy (non-hydrogen) atoms. The maximum atomic E-state index is 9.90. The van der Waals surface area contributed by atoms with Crippen LogP contribution in [-0.2, 0) is 0 Å². The van der Waals surface area contributed by atoms with Gasteiger partial charge in [0.2, 0.25) is 0 Å². The van der Waals surface area contributed by atoms with Crippen molar-refractivity contribution >= 4 is 0 Å². The molecule has 0 heterocycles. The highest BCUT2D eigenvalue weighted by Crippen LogP contribution is 2.22. The van der Waals surface area contributed by atoms with Crippen LogP contribution in [0.15, 0.2) is 42.5 Å². The van der Waals surface area contributed by atoms with Crippen molar-refractivity contribution < 1.29 is 5.11 Å². The third kappa shape index (κ3) is 2.68. The normalized spacial score (nSPS) is 9.53. The van der Waals surface area contributed by atoms with Gasteiger partial charge in [0.15, 0.2) is 0 Å². The van der Waals surface area contributed by atoms with Gasteiger partial charge in [0.1, 0.15) is 5.75 Å². The van der Waals surface area contributed by atoms with E-state index < -0.39 is 0 Å². The van der Waals surface area contributed by atoms with Gasteiger partial charge in [0.05, 0.1) is 5.56 Å². The molecular formula is C16H14O. The molecule has 0 aliphatic rings. The van der Waals surface area contributed by atoms with E-state index in [1.54, 1.807) is 0 Å². The van der Waals surface area contributed by atoms with Gasteiger partial charge < -0.3 is 5.11 Å². The zero-order chi connectivity index (χ0) is 12.3. The molecule has 0 unspecified atom stereocenters. The number of aryl methyl sites for hydroxylation is 2. The summed E-state index contributed by atoms with van der Waals surface area (Å²) < 4.78 is 0. The lowest BCUT2D eigenvalue weighted by Gasteiger charge is -2.03. The molecule has 0 aliphatic carbocycles. The fourth-order valence-electron chi connectivity index (χ4n) is 1.72. The Morgan fingerprint density at radius 3 is 2.35 bits per heavy atom. The lowest BCUT2D eigenvalue weighted by atomic mass is 10.1. The standard InChI is InChI=1S/C16H14O/c1-12-10-13(2)16(17)15(11-12)9-8-14-6-4-3-5-7-14/h3-7,10-11,17H,1-2H3. The monoisotopic (exact) mass is 222 g/mol. The minimum absolute atomic E-state index is 0.277. The van der Waals surface area contributed by atoms with E-state index in [0.29, 0.717) is 5.56 Å². The second-order valence-corrected chi connectivity index (χ2v) is 4.09. The van der Waals surface area contributed by atoms with Crippen LogP contribution in [0.4, 0.5) is 0 Å². The third-order valence-corrected chi connectivity index (χ3v) is 2.56. The van der Waals surface area contributed by atoms with Gasteiger partial charge in [-0.3, -0.25) is 0 Å². The number of hydrogen-bond donors (Lipinski definition) is 1. The number of aromatic hydroxyl groups is 1. The van der Waals surface area contributed by atoms with Crippen molar-refractivity contribution in [1.82, 2.24) is 0 Å². The molecule has 2 rings (SSSR count). The summed E-state index contributed by atoms with van der Waals surface area (Å²) in [7, 11) is 0. The molecule has 1 heteroatoms. The van der Waals surface area contributed by atoms with E-state index in [2.05, 4.69) is 11.8 Å². The number of rotatable bonds is 0. The Labute approximate surface area is 102 Å². The summed E-state index contributed by atoms with van der Waals surface area (Å²) in [5.41, 5.74) is 3.61. The zero-order valence-electron chi connectivity index (χ0n) is 9.99. The van der Waals surface area contributed by atoms with E-state index in [1.807, 2.05) is 56.3 Å². The molecule has 1 N–H and O–H groups in total. The molecule has 0 radical (unpaired) electrons. The Hall–Kier alpha value is -2.20. The van der Waals surface area contributed by atoms with E-state index in [0.717, 1.165) is 16.7 Å². The maximum Gasteiger partial charge on any atom is 0.134 e. The molecule has 84 valence electrons. The molecule has 0 saturated heterocycles. The van der Waals surface area contributed by atoms with Gasteiger partial charge in [-0.1, -0.05) is 36.1 Å². The average Bonchev–Trinajstić information content (AvgIpc) is 2.33. The molecule has 0 fully saturated rings. The summed E-state index contributed by atoms with van der Waals surface area (Å²) >= 11 is 0. The van der Waals surface area contributed by atoms with Crippen molar-refractivity contribution in [3.05, 3.63) is 64.7 Å². The fourth-order valence-corrected chi connectivity index (χ4v) is 1.72. The average molecular weight is 222 g/mol. The minimum Gasteiger partial charge on any atom is -0.506 e.